The maximum Gasteiger partial charge on any atom is 0.143 e. The summed E-state index contributed by atoms with van der Waals surface area (Å²) < 4.78 is 7.50. The monoisotopic (exact) mass is 318 g/mol. The lowest BCUT2D eigenvalue weighted by molar-refractivity contribution is 0.393. The van der Waals surface area contributed by atoms with Crippen LogP contribution in [0.2, 0.25) is 0 Å². The Balaban J connectivity index is 1.85. The fraction of sp³-hybridized carbons (Fsp3) is 0.211. The summed E-state index contributed by atoms with van der Waals surface area (Å²) in [6, 6.07) is 12.5. The number of nitrogens with zero attached hydrogens (tertiary/aromatic N) is 4. The maximum atomic E-state index is 5.28. The minimum Gasteiger partial charge on any atom is -0.361 e. The zero-order valence-electron chi connectivity index (χ0n) is 13.9. The van der Waals surface area contributed by atoms with Gasteiger partial charge < -0.3 is 9.09 Å². The van der Waals surface area contributed by atoms with Gasteiger partial charge in [0.25, 0.3) is 0 Å². The smallest absolute Gasteiger partial charge is 0.143 e. The van der Waals surface area contributed by atoms with Crippen LogP contribution in [0.25, 0.3) is 22.3 Å². The summed E-state index contributed by atoms with van der Waals surface area (Å²) in [6.45, 7) is 6.66. The van der Waals surface area contributed by atoms with Crippen LogP contribution in [0.5, 0.6) is 0 Å². The fourth-order valence-electron chi connectivity index (χ4n) is 3.10. The summed E-state index contributed by atoms with van der Waals surface area (Å²) in [4.78, 5) is 9.19. The van der Waals surface area contributed by atoms with Crippen molar-refractivity contribution in [1.82, 2.24) is 19.7 Å². The van der Waals surface area contributed by atoms with Gasteiger partial charge in [0, 0.05) is 6.54 Å². The van der Waals surface area contributed by atoms with Crippen LogP contribution in [0.4, 0.5) is 0 Å². The first-order chi connectivity index (χ1) is 11.6. The first-order valence-corrected chi connectivity index (χ1v) is 7.93. The number of fused-ring (bicyclic) bond motifs is 1. The van der Waals surface area contributed by atoms with Crippen molar-refractivity contribution in [3.63, 3.8) is 0 Å². The van der Waals surface area contributed by atoms with Gasteiger partial charge in [-0.3, -0.25) is 4.98 Å². The highest BCUT2D eigenvalue weighted by molar-refractivity contribution is 5.81. The largest absolute Gasteiger partial charge is 0.361 e. The van der Waals surface area contributed by atoms with Crippen molar-refractivity contribution in [2.24, 2.45) is 0 Å². The van der Waals surface area contributed by atoms with Crippen LogP contribution in [0.1, 0.15) is 22.8 Å². The Bertz CT molecular complexity index is 995. The maximum absolute atomic E-state index is 5.28. The number of benzene rings is 1. The highest BCUT2D eigenvalue weighted by Gasteiger charge is 2.16. The van der Waals surface area contributed by atoms with Crippen LogP contribution in [-0.2, 0) is 6.54 Å². The molecule has 4 rings (SSSR count). The molecule has 3 heterocycles. The van der Waals surface area contributed by atoms with E-state index in [1.54, 1.807) is 0 Å². The average molecular weight is 318 g/mol. The second kappa shape index (κ2) is 5.60. The van der Waals surface area contributed by atoms with E-state index >= 15 is 0 Å². The fourth-order valence-corrected chi connectivity index (χ4v) is 3.10. The SMILES string of the molecule is Cc1noc(C)c1-c1cc2c(cn1)nc(C)n2Cc1ccccc1. The summed E-state index contributed by atoms with van der Waals surface area (Å²) in [5, 5.41) is 4.03. The Hall–Kier alpha value is -2.95. The zero-order valence-corrected chi connectivity index (χ0v) is 13.9. The summed E-state index contributed by atoms with van der Waals surface area (Å²) in [6.07, 6.45) is 1.82. The molecule has 120 valence electrons. The van der Waals surface area contributed by atoms with E-state index in [9.17, 15) is 0 Å². The number of hydrogen-bond acceptors (Lipinski definition) is 4. The molecule has 0 atom stereocenters. The van der Waals surface area contributed by atoms with Crippen molar-refractivity contribution in [3.8, 4) is 11.3 Å². The predicted molar refractivity (Wildman–Crippen MR) is 92.8 cm³/mol. The molecular formula is C19H18N4O. The Morgan fingerprint density at radius 1 is 1.08 bits per heavy atom. The van der Waals surface area contributed by atoms with E-state index in [0.717, 1.165) is 46.1 Å². The molecule has 0 aliphatic carbocycles. The lowest BCUT2D eigenvalue weighted by atomic mass is 10.1. The average Bonchev–Trinajstić information content (AvgIpc) is 3.08. The summed E-state index contributed by atoms with van der Waals surface area (Å²) in [5.41, 5.74) is 5.90. The first-order valence-electron chi connectivity index (χ1n) is 7.93. The quantitative estimate of drug-likeness (QED) is 0.571. The van der Waals surface area contributed by atoms with Gasteiger partial charge in [0.2, 0.25) is 0 Å². The van der Waals surface area contributed by atoms with E-state index in [1.807, 2.05) is 33.0 Å². The van der Waals surface area contributed by atoms with Crippen molar-refractivity contribution in [1.29, 1.82) is 0 Å². The highest BCUT2D eigenvalue weighted by Crippen LogP contribution is 2.28. The van der Waals surface area contributed by atoms with Gasteiger partial charge in [-0.15, -0.1) is 0 Å². The standard InChI is InChI=1S/C19H18N4O/c1-12-19(13(2)24-22-12)16-9-18-17(10-20-16)21-14(3)23(18)11-15-7-5-4-6-8-15/h4-10H,11H2,1-3H3. The number of hydrogen-bond donors (Lipinski definition) is 0. The molecular weight excluding hydrogens is 300 g/mol. The zero-order chi connectivity index (χ0) is 16.7. The summed E-state index contributed by atoms with van der Waals surface area (Å²) >= 11 is 0. The molecule has 0 radical (unpaired) electrons. The predicted octanol–water partition coefficient (Wildman–Crippen LogP) is 4.06. The van der Waals surface area contributed by atoms with E-state index in [4.69, 9.17) is 4.52 Å². The van der Waals surface area contributed by atoms with Crippen LogP contribution >= 0.6 is 0 Å². The van der Waals surface area contributed by atoms with Crippen molar-refractivity contribution in [2.45, 2.75) is 27.3 Å². The van der Waals surface area contributed by atoms with Crippen LogP contribution in [0, 0.1) is 20.8 Å². The third kappa shape index (κ3) is 2.38. The molecule has 0 amide bonds. The number of pyridine rings is 1. The number of aromatic nitrogens is 4. The summed E-state index contributed by atoms with van der Waals surface area (Å²) in [7, 11) is 0. The Kier molecular flexibility index (Phi) is 3.41. The van der Waals surface area contributed by atoms with Gasteiger partial charge in [0.1, 0.15) is 17.1 Å². The molecule has 1 aromatic carbocycles. The molecule has 0 saturated heterocycles. The number of aryl methyl sites for hydroxylation is 3. The minimum absolute atomic E-state index is 0.783. The molecule has 0 saturated carbocycles. The molecule has 5 heteroatoms. The Morgan fingerprint density at radius 2 is 1.88 bits per heavy atom. The highest BCUT2D eigenvalue weighted by atomic mass is 16.5. The van der Waals surface area contributed by atoms with E-state index in [1.165, 1.54) is 5.56 Å². The van der Waals surface area contributed by atoms with Gasteiger partial charge in [0.15, 0.2) is 0 Å². The van der Waals surface area contributed by atoms with E-state index in [0.29, 0.717) is 0 Å². The lowest BCUT2D eigenvalue weighted by Gasteiger charge is -2.08. The third-order valence-corrected chi connectivity index (χ3v) is 4.30. The molecule has 0 N–H and O–H groups in total. The third-order valence-electron chi connectivity index (χ3n) is 4.30. The van der Waals surface area contributed by atoms with Gasteiger partial charge in [-0.05, 0) is 32.4 Å². The van der Waals surface area contributed by atoms with Gasteiger partial charge >= 0.3 is 0 Å². The number of rotatable bonds is 3. The molecule has 0 aliphatic rings. The lowest BCUT2D eigenvalue weighted by Crippen LogP contribution is -2.02. The molecule has 4 aromatic rings. The van der Waals surface area contributed by atoms with E-state index in [-0.39, 0.29) is 0 Å². The van der Waals surface area contributed by atoms with E-state index < -0.39 is 0 Å². The van der Waals surface area contributed by atoms with Gasteiger partial charge in [-0.1, -0.05) is 35.5 Å². The minimum atomic E-state index is 0.783. The molecule has 0 spiro atoms. The van der Waals surface area contributed by atoms with Crippen molar-refractivity contribution in [3.05, 3.63) is 65.4 Å². The van der Waals surface area contributed by atoms with Crippen molar-refractivity contribution >= 4 is 11.0 Å². The molecule has 5 nitrogen and oxygen atoms in total. The van der Waals surface area contributed by atoms with E-state index in [2.05, 4.69) is 50.0 Å². The van der Waals surface area contributed by atoms with Gasteiger partial charge in [0.05, 0.1) is 28.7 Å². The Morgan fingerprint density at radius 3 is 2.58 bits per heavy atom. The number of imidazole rings is 1. The summed E-state index contributed by atoms with van der Waals surface area (Å²) in [5.74, 6) is 1.76. The van der Waals surface area contributed by atoms with Crippen molar-refractivity contribution in [2.75, 3.05) is 0 Å². The van der Waals surface area contributed by atoms with Crippen molar-refractivity contribution < 1.29 is 4.52 Å². The molecule has 24 heavy (non-hydrogen) atoms. The normalized spacial score (nSPS) is 11.3. The van der Waals surface area contributed by atoms with Crippen LogP contribution in [0.3, 0.4) is 0 Å². The second-order valence-corrected chi connectivity index (χ2v) is 5.99. The second-order valence-electron chi connectivity index (χ2n) is 5.99. The Labute approximate surface area is 140 Å². The molecule has 0 fully saturated rings. The first kappa shape index (κ1) is 14.6. The van der Waals surface area contributed by atoms with Crippen LogP contribution in [-0.4, -0.2) is 19.7 Å². The molecule has 3 aromatic heterocycles. The van der Waals surface area contributed by atoms with Gasteiger partial charge in [-0.25, -0.2) is 4.98 Å². The van der Waals surface area contributed by atoms with Gasteiger partial charge in [-0.2, -0.15) is 0 Å². The van der Waals surface area contributed by atoms with Crippen LogP contribution < -0.4 is 0 Å². The molecule has 0 bridgehead atoms. The molecule has 0 aliphatic heterocycles. The van der Waals surface area contributed by atoms with Crippen LogP contribution in [0.15, 0.2) is 47.1 Å². The topological polar surface area (TPSA) is 56.7 Å². The molecule has 0 unspecified atom stereocenters.